The van der Waals surface area contributed by atoms with Crippen molar-refractivity contribution in [2.45, 2.75) is 19.3 Å². The molecule has 3 nitrogen and oxygen atoms in total. The SMILES string of the molecule is CC1(C)c2ccccc2-c2cc3c4ccccc4n(-c4ccc(-c5cc(-c6cccc(-n7c8ccccc8c8ccccc87)c6)cc(-c6ccc(-n7c8ccccc8c8ccccc87)cc6)c5-c5ccccc5)cc4)c3cc21. The third kappa shape index (κ3) is 6.58. The van der Waals surface area contributed by atoms with Crippen molar-refractivity contribution in [1.82, 2.24) is 13.7 Å². The fraction of sp³-hybridized carbons (Fsp3) is 0.0400. The average Bonchev–Trinajstić information content (AvgIpc) is 4.40. The molecule has 0 fully saturated rings. The summed E-state index contributed by atoms with van der Waals surface area (Å²) in [6.45, 7) is 4.75. The molecular formula is C75H51N3. The molecule has 78 heavy (non-hydrogen) atoms. The van der Waals surface area contributed by atoms with E-state index in [-0.39, 0.29) is 5.41 Å². The van der Waals surface area contributed by atoms with Crippen molar-refractivity contribution in [3.05, 3.63) is 284 Å². The third-order valence-corrected chi connectivity index (χ3v) is 17.0. The maximum Gasteiger partial charge on any atom is 0.0544 e. The average molecular weight is 994 g/mol. The summed E-state index contributed by atoms with van der Waals surface area (Å²) >= 11 is 0. The molecule has 0 N–H and O–H groups in total. The predicted octanol–water partition coefficient (Wildman–Crippen LogP) is 20.0. The molecule has 3 heteroatoms. The summed E-state index contributed by atoms with van der Waals surface area (Å²) in [6.07, 6.45) is 0. The lowest BCUT2D eigenvalue weighted by Gasteiger charge is -2.22. The minimum atomic E-state index is -0.115. The van der Waals surface area contributed by atoms with E-state index >= 15 is 0 Å². The first-order valence-corrected chi connectivity index (χ1v) is 27.2. The van der Waals surface area contributed by atoms with Crippen molar-refractivity contribution in [2.24, 2.45) is 0 Å². The van der Waals surface area contributed by atoms with Crippen molar-refractivity contribution >= 4 is 65.4 Å². The molecule has 0 saturated carbocycles. The van der Waals surface area contributed by atoms with Gasteiger partial charge in [0, 0.05) is 54.8 Å². The molecule has 12 aromatic carbocycles. The monoisotopic (exact) mass is 993 g/mol. The van der Waals surface area contributed by atoms with E-state index < -0.39 is 0 Å². The van der Waals surface area contributed by atoms with Gasteiger partial charge in [-0.2, -0.15) is 0 Å². The Morgan fingerprint density at radius 2 is 0.654 bits per heavy atom. The van der Waals surface area contributed by atoms with Crippen LogP contribution in [0, 0.1) is 0 Å². The highest BCUT2D eigenvalue weighted by Crippen LogP contribution is 2.51. The summed E-state index contributed by atoms with van der Waals surface area (Å²) in [7, 11) is 0. The maximum absolute atomic E-state index is 2.48. The molecule has 15 aromatic rings. The molecular weight excluding hydrogens is 943 g/mol. The smallest absolute Gasteiger partial charge is 0.0544 e. The highest BCUT2D eigenvalue weighted by atomic mass is 15.0. The van der Waals surface area contributed by atoms with Crippen LogP contribution >= 0.6 is 0 Å². The first kappa shape index (κ1) is 44.3. The lowest BCUT2D eigenvalue weighted by Crippen LogP contribution is -2.14. The van der Waals surface area contributed by atoms with Gasteiger partial charge in [0.25, 0.3) is 0 Å². The van der Waals surface area contributed by atoms with Gasteiger partial charge in [-0.3, -0.25) is 0 Å². The van der Waals surface area contributed by atoms with Crippen LogP contribution < -0.4 is 0 Å². The van der Waals surface area contributed by atoms with Crippen molar-refractivity contribution in [3.63, 3.8) is 0 Å². The molecule has 0 radical (unpaired) electrons. The first-order valence-electron chi connectivity index (χ1n) is 27.2. The number of rotatable bonds is 7. The summed E-state index contributed by atoms with van der Waals surface area (Å²) in [6, 6.07) is 101. The van der Waals surface area contributed by atoms with Crippen LogP contribution in [0.4, 0.5) is 0 Å². The van der Waals surface area contributed by atoms with E-state index in [1.165, 1.54) is 110 Å². The Morgan fingerprint density at radius 3 is 1.18 bits per heavy atom. The van der Waals surface area contributed by atoms with E-state index in [0.717, 1.165) is 39.3 Å². The van der Waals surface area contributed by atoms with Crippen LogP contribution in [0.15, 0.2) is 273 Å². The van der Waals surface area contributed by atoms with Gasteiger partial charge in [0.05, 0.1) is 33.1 Å². The van der Waals surface area contributed by atoms with Gasteiger partial charge in [-0.1, -0.05) is 196 Å². The summed E-state index contributed by atoms with van der Waals surface area (Å²) in [5.41, 5.74) is 25.3. The fourth-order valence-electron chi connectivity index (χ4n) is 13.4. The topological polar surface area (TPSA) is 14.8 Å². The number of hydrogen-bond donors (Lipinski definition) is 0. The van der Waals surface area contributed by atoms with Crippen molar-refractivity contribution in [2.75, 3.05) is 0 Å². The number of fused-ring (bicyclic) bond motifs is 12. The Bertz CT molecular complexity index is 4800. The van der Waals surface area contributed by atoms with Crippen molar-refractivity contribution in [3.8, 4) is 72.7 Å². The molecule has 1 aliphatic carbocycles. The Labute approximate surface area is 452 Å². The van der Waals surface area contributed by atoms with Gasteiger partial charge in [-0.15, -0.1) is 0 Å². The van der Waals surface area contributed by atoms with Crippen LogP contribution in [0.1, 0.15) is 25.0 Å². The standard InChI is InChI=1S/C75H51N3/c1-75(2)66-29-12-6-23-56(66)64-46-65-61-28-11-17-34-72(61)77(73(65)47-67(64)75)54-41-37-49(38-42-54)63-45-52(51-21-18-22-55(43-51)78-70-32-15-9-26-59(70)60-27-10-16-33-71(60)78)44-62(74(63)50-19-4-3-5-20-50)48-35-39-53(40-36-48)76-68-30-13-7-24-57(68)58-25-8-14-31-69(58)76/h3-47H,1-2H3. The minimum Gasteiger partial charge on any atom is -0.309 e. The second-order valence-electron chi connectivity index (χ2n) is 21.6. The van der Waals surface area contributed by atoms with E-state index in [4.69, 9.17) is 0 Å². The van der Waals surface area contributed by atoms with Crippen LogP contribution in [-0.2, 0) is 5.41 Å². The predicted molar refractivity (Wildman–Crippen MR) is 329 cm³/mol. The number of nitrogens with zero attached hydrogens (tertiary/aromatic N) is 3. The molecule has 3 aromatic heterocycles. The first-order chi connectivity index (χ1) is 38.5. The van der Waals surface area contributed by atoms with Crippen LogP contribution in [0.25, 0.3) is 138 Å². The van der Waals surface area contributed by atoms with Crippen molar-refractivity contribution in [1.29, 1.82) is 0 Å². The highest BCUT2D eigenvalue weighted by Gasteiger charge is 2.36. The second kappa shape index (κ2) is 17.0. The molecule has 0 saturated heterocycles. The molecule has 16 rings (SSSR count). The van der Waals surface area contributed by atoms with Gasteiger partial charge in [0.1, 0.15) is 0 Å². The Balaban J connectivity index is 0.903. The summed E-state index contributed by atoms with van der Waals surface area (Å²) < 4.78 is 7.30. The normalized spacial score (nSPS) is 12.8. The lowest BCUT2D eigenvalue weighted by atomic mass is 9.82. The largest absolute Gasteiger partial charge is 0.309 e. The van der Waals surface area contributed by atoms with Gasteiger partial charge in [-0.05, 0) is 158 Å². The molecule has 0 spiro atoms. The highest BCUT2D eigenvalue weighted by molar-refractivity contribution is 6.13. The molecule has 0 amide bonds. The van der Waals surface area contributed by atoms with Crippen LogP contribution in [0.3, 0.4) is 0 Å². The lowest BCUT2D eigenvalue weighted by molar-refractivity contribution is 0.661. The molecule has 366 valence electrons. The van der Waals surface area contributed by atoms with Crippen LogP contribution in [-0.4, -0.2) is 13.7 Å². The van der Waals surface area contributed by atoms with Gasteiger partial charge >= 0.3 is 0 Å². The van der Waals surface area contributed by atoms with Gasteiger partial charge < -0.3 is 13.7 Å². The summed E-state index contributed by atoms with van der Waals surface area (Å²) in [5.74, 6) is 0. The Morgan fingerprint density at radius 1 is 0.231 bits per heavy atom. The zero-order valence-electron chi connectivity index (χ0n) is 43.3. The fourth-order valence-corrected chi connectivity index (χ4v) is 13.4. The molecule has 3 heterocycles. The third-order valence-electron chi connectivity index (χ3n) is 17.0. The van der Waals surface area contributed by atoms with Crippen LogP contribution in [0.2, 0.25) is 0 Å². The maximum atomic E-state index is 2.48. The Kier molecular flexibility index (Phi) is 9.68. The Hall–Kier alpha value is -9.96. The van der Waals surface area contributed by atoms with Crippen LogP contribution in [0.5, 0.6) is 0 Å². The minimum absolute atomic E-state index is 0.115. The van der Waals surface area contributed by atoms with Gasteiger partial charge in [-0.25, -0.2) is 0 Å². The quantitative estimate of drug-likeness (QED) is 0.151. The van der Waals surface area contributed by atoms with E-state index in [9.17, 15) is 0 Å². The van der Waals surface area contributed by atoms with E-state index in [2.05, 4.69) is 301 Å². The number of hydrogen-bond acceptors (Lipinski definition) is 0. The van der Waals surface area contributed by atoms with E-state index in [1.54, 1.807) is 0 Å². The zero-order valence-corrected chi connectivity index (χ0v) is 43.3. The molecule has 0 bridgehead atoms. The summed E-state index contributed by atoms with van der Waals surface area (Å²) in [4.78, 5) is 0. The number of para-hydroxylation sites is 5. The van der Waals surface area contributed by atoms with E-state index in [1.807, 2.05) is 0 Å². The van der Waals surface area contributed by atoms with Gasteiger partial charge in [0.2, 0.25) is 0 Å². The van der Waals surface area contributed by atoms with Crippen molar-refractivity contribution < 1.29 is 0 Å². The molecule has 0 unspecified atom stereocenters. The molecule has 0 aliphatic heterocycles. The summed E-state index contributed by atoms with van der Waals surface area (Å²) in [5, 5.41) is 7.55. The molecule has 1 aliphatic rings. The second-order valence-corrected chi connectivity index (χ2v) is 21.6. The molecule has 0 atom stereocenters. The zero-order chi connectivity index (χ0) is 51.6. The number of aromatic nitrogens is 3. The number of benzene rings is 12. The van der Waals surface area contributed by atoms with Gasteiger partial charge in [0.15, 0.2) is 0 Å². The van der Waals surface area contributed by atoms with E-state index in [0.29, 0.717) is 0 Å².